The largest absolute Gasteiger partial charge is 0.411 e. The van der Waals surface area contributed by atoms with Gasteiger partial charge in [-0.1, -0.05) is 0 Å². The van der Waals surface area contributed by atoms with Gasteiger partial charge in [0.2, 0.25) is 0 Å². The van der Waals surface area contributed by atoms with Gasteiger partial charge in [-0.3, -0.25) is 0 Å². The quantitative estimate of drug-likeness (QED) is 0.751. The van der Waals surface area contributed by atoms with Gasteiger partial charge in [-0.05, 0) is 32.1 Å². The van der Waals surface area contributed by atoms with E-state index in [0.717, 1.165) is 25.7 Å². The van der Waals surface area contributed by atoms with Gasteiger partial charge in [0.1, 0.15) is 6.61 Å². The van der Waals surface area contributed by atoms with Crippen molar-refractivity contribution in [2.45, 2.75) is 50.5 Å². The molecule has 0 aromatic heterocycles. The number of ether oxygens (including phenoxy) is 2. The third-order valence-corrected chi connectivity index (χ3v) is 4.06. The van der Waals surface area contributed by atoms with Gasteiger partial charge in [0, 0.05) is 18.6 Å². The fraction of sp³-hybridized carbons (Fsp3) is 1.00. The van der Waals surface area contributed by atoms with E-state index in [1.807, 2.05) is 0 Å². The molecule has 2 fully saturated rings. The van der Waals surface area contributed by atoms with Crippen molar-refractivity contribution in [1.29, 1.82) is 0 Å². The summed E-state index contributed by atoms with van der Waals surface area (Å²) >= 11 is 0. The van der Waals surface area contributed by atoms with Crippen molar-refractivity contribution >= 4 is 0 Å². The fourth-order valence-corrected chi connectivity index (χ4v) is 3.19. The zero-order chi connectivity index (χ0) is 13.2. The lowest BCUT2D eigenvalue weighted by Gasteiger charge is -2.34. The summed E-state index contributed by atoms with van der Waals surface area (Å²) in [6.45, 7) is -0.475. The second kappa shape index (κ2) is 5.35. The van der Waals surface area contributed by atoms with Gasteiger partial charge in [-0.15, -0.1) is 0 Å². The molecule has 0 aromatic rings. The summed E-state index contributed by atoms with van der Waals surface area (Å²) in [5.74, 6) is 0. The highest BCUT2D eigenvalue weighted by Gasteiger charge is 2.50. The molecule has 3 nitrogen and oxygen atoms in total. The first-order valence-corrected chi connectivity index (χ1v) is 6.45. The molecule has 0 saturated carbocycles. The van der Waals surface area contributed by atoms with E-state index in [1.165, 1.54) is 0 Å². The molecule has 0 amide bonds. The molecule has 6 heteroatoms. The maximum Gasteiger partial charge on any atom is 0.411 e. The Labute approximate surface area is 105 Å². The fourth-order valence-electron chi connectivity index (χ4n) is 3.19. The van der Waals surface area contributed by atoms with E-state index in [4.69, 9.17) is 10.5 Å². The zero-order valence-electron chi connectivity index (χ0n) is 10.3. The van der Waals surface area contributed by atoms with Crippen molar-refractivity contribution in [2.75, 3.05) is 19.8 Å². The number of halogens is 3. The Morgan fingerprint density at radius 2 is 2.11 bits per heavy atom. The number of fused-ring (bicyclic) bond motifs is 2. The smallest absolute Gasteiger partial charge is 0.374 e. The van der Waals surface area contributed by atoms with Crippen LogP contribution in [0.1, 0.15) is 32.1 Å². The highest BCUT2D eigenvalue weighted by molar-refractivity contribution is 5.00. The predicted octanol–water partition coefficient (Wildman–Crippen LogP) is 2.24. The lowest BCUT2D eigenvalue weighted by Crippen LogP contribution is -2.39. The van der Waals surface area contributed by atoms with Gasteiger partial charge >= 0.3 is 6.18 Å². The van der Waals surface area contributed by atoms with Gasteiger partial charge in [-0.2, -0.15) is 13.2 Å². The molecule has 2 aliphatic rings. The molecule has 0 aromatic carbocycles. The monoisotopic (exact) mass is 267 g/mol. The van der Waals surface area contributed by atoms with Crippen LogP contribution in [0.4, 0.5) is 13.2 Å². The van der Waals surface area contributed by atoms with Gasteiger partial charge in [0.05, 0.1) is 12.2 Å². The molecule has 2 rings (SSSR count). The Morgan fingerprint density at radius 3 is 2.61 bits per heavy atom. The van der Waals surface area contributed by atoms with Crippen molar-refractivity contribution in [3.05, 3.63) is 0 Å². The molecule has 0 aliphatic carbocycles. The Morgan fingerprint density at radius 1 is 1.33 bits per heavy atom. The van der Waals surface area contributed by atoms with Crippen molar-refractivity contribution in [3.63, 3.8) is 0 Å². The van der Waals surface area contributed by atoms with E-state index in [1.54, 1.807) is 0 Å². The summed E-state index contributed by atoms with van der Waals surface area (Å²) in [6, 6.07) is 0. The van der Waals surface area contributed by atoms with Crippen LogP contribution in [0, 0.1) is 5.41 Å². The molecule has 3 atom stereocenters. The Kier molecular flexibility index (Phi) is 4.18. The highest BCUT2D eigenvalue weighted by atomic mass is 19.4. The zero-order valence-corrected chi connectivity index (χ0v) is 10.3. The van der Waals surface area contributed by atoms with Gasteiger partial charge < -0.3 is 15.2 Å². The van der Waals surface area contributed by atoms with E-state index in [2.05, 4.69) is 4.74 Å². The number of hydrogen-bond donors (Lipinski definition) is 1. The molecule has 2 N–H and O–H groups in total. The van der Waals surface area contributed by atoms with Crippen LogP contribution in [-0.2, 0) is 9.47 Å². The Balaban J connectivity index is 1.69. The van der Waals surface area contributed by atoms with Crippen LogP contribution >= 0.6 is 0 Å². The molecule has 2 aliphatic heterocycles. The number of nitrogens with two attached hydrogens (primary N) is 1. The minimum atomic E-state index is -4.24. The highest BCUT2D eigenvalue weighted by Crippen LogP contribution is 2.49. The Bertz CT molecular complexity index is 285. The van der Waals surface area contributed by atoms with Crippen molar-refractivity contribution in [1.82, 2.24) is 0 Å². The predicted molar refractivity (Wildman–Crippen MR) is 60.1 cm³/mol. The number of hydrogen-bond acceptors (Lipinski definition) is 3. The van der Waals surface area contributed by atoms with E-state index < -0.39 is 12.8 Å². The maximum absolute atomic E-state index is 11.9. The van der Waals surface area contributed by atoms with Crippen molar-refractivity contribution in [3.8, 4) is 0 Å². The summed E-state index contributed by atoms with van der Waals surface area (Å²) in [5, 5.41) is 0. The minimum Gasteiger partial charge on any atom is -0.374 e. The molecule has 2 bridgehead atoms. The van der Waals surface area contributed by atoms with Gasteiger partial charge in [0.25, 0.3) is 0 Å². The Hall–Kier alpha value is -0.330. The van der Waals surface area contributed by atoms with E-state index in [0.29, 0.717) is 19.1 Å². The van der Waals surface area contributed by atoms with E-state index in [-0.39, 0.29) is 18.1 Å². The third-order valence-electron chi connectivity index (χ3n) is 4.06. The third kappa shape index (κ3) is 3.16. The molecule has 18 heavy (non-hydrogen) atoms. The second-order valence-corrected chi connectivity index (χ2v) is 5.37. The summed E-state index contributed by atoms with van der Waals surface area (Å²) in [7, 11) is 0. The van der Waals surface area contributed by atoms with Crippen LogP contribution < -0.4 is 5.73 Å². The van der Waals surface area contributed by atoms with Crippen molar-refractivity contribution in [2.24, 2.45) is 11.1 Å². The number of alkyl halides is 3. The van der Waals surface area contributed by atoms with Crippen LogP contribution in [0.25, 0.3) is 0 Å². The first-order chi connectivity index (χ1) is 8.45. The van der Waals surface area contributed by atoms with Gasteiger partial charge in [0.15, 0.2) is 0 Å². The van der Waals surface area contributed by atoms with Crippen LogP contribution in [-0.4, -0.2) is 38.1 Å². The lowest BCUT2D eigenvalue weighted by molar-refractivity contribution is -0.174. The summed E-state index contributed by atoms with van der Waals surface area (Å²) in [4.78, 5) is 0. The SMILES string of the molecule is NCC1(CCCOCC(F)(F)F)CC2CCC1O2. The molecule has 2 heterocycles. The van der Waals surface area contributed by atoms with Gasteiger partial charge in [-0.25, -0.2) is 0 Å². The molecular formula is C12H20F3NO2. The second-order valence-electron chi connectivity index (χ2n) is 5.37. The van der Waals surface area contributed by atoms with Crippen LogP contribution in [0.15, 0.2) is 0 Å². The average molecular weight is 267 g/mol. The number of rotatable bonds is 6. The molecule has 0 spiro atoms. The maximum atomic E-state index is 11.9. The first kappa shape index (κ1) is 14.1. The topological polar surface area (TPSA) is 44.5 Å². The molecule has 2 saturated heterocycles. The minimum absolute atomic E-state index is 0.0233. The molecule has 106 valence electrons. The van der Waals surface area contributed by atoms with E-state index in [9.17, 15) is 13.2 Å². The van der Waals surface area contributed by atoms with Crippen LogP contribution in [0.5, 0.6) is 0 Å². The summed E-state index contributed by atoms with van der Waals surface area (Å²) in [5.41, 5.74) is 5.82. The molecule has 0 radical (unpaired) electrons. The molecule has 3 unspecified atom stereocenters. The summed E-state index contributed by atoms with van der Waals surface area (Å²) < 4.78 is 46.1. The normalized spacial score (nSPS) is 35.3. The van der Waals surface area contributed by atoms with Crippen LogP contribution in [0.3, 0.4) is 0 Å². The summed E-state index contributed by atoms with van der Waals surface area (Å²) in [6.07, 6.45) is 0.767. The van der Waals surface area contributed by atoms with Crippen LogP contribution in [0.2, 0.25) is 0 Å². The first-order valence-electron chi connectivity index (χ1n) is 6.45. The van der Waals surface area contributed by atoms with E-state index >= 15 is 0 Å². The standard InChI is InChI=1S/C12H20F3NO2/c13-12(14,15)8-17-5-1-4-11(7-16)6-9-2-3-10(11)18-9/h9-10H,1-8,16H2. The average Bonchev–Trinajstić information content (AvgIpc) is 2.87. The van der Waals surface area contributed by atoms with Crippen molar-refractivity contribution < 1.29 is 22.6 Å². The lowest BCUT2D eigenvalue weighted by atomic mass is 9.71. The molecular weight excluding hydrogens is 247 g/mol.